The van der Waals surface area contributed by atoms with E-state index in [0.717, 1.165) is 0 Å². The van der Waals surface area contributed by atoms with Gasteiger partial charge in [-0.05, 0) is 0 Å². The summed E-state index contributed by atoms with van der Waals surface area (Å²) >= 11 is 0. The number of benzene rings is 3. The summed E-state index contributed by atoms with van der Waals surface area (Å²) in [6.07, 6.45) is 0.843. The highest BCUT2D eigenvalue weighted by Gasteiger charge is 1.85. The van der Waals surface area contributed by atoms with E-state index in [1.54, 1.807) is 14.1 Å². The van der Waals surface area contributed by atoms with Crippen molar-refractivity contribution in [1.82, 2.24) is 16.0 Å². The fourth-order valence-corrected chi connectivity index (χ4v) is 1.38. The molecule has 3 amide bonds. The Kier molecular flexibility index (Phi) is 33.7. The van der Waals surface area contributed by atoms with Crippen molar-refractivity contribution in [2.24, 2.45) is 0 Å². The van der Waals surface area contributed by atoms with Gasteiger partial charge in [-0.1, -0.05) is 129 Å². The first-order chi connectivity index (χ1) is 16.0. The molecule has 0 bridgehead atoms. The molecule has 3 N–H and O–H groups in total. The second-order valence-corrected chi connectivity index (χ2v) is 5.74. The highest BCUT2D eigenvalue weighted by atomic mass is 16.5. The molecule has 0 aliphatic carbocycles. The maximum Gasteiger partial charge on any atom is 0.406 e. The summed E-state index contributed by atoms with van der Waals surface area (Å²) in [6.45, 7) is 4.25. The maximum atomic E-state index is 9.96. The monoisotopic (exact) mass is 455 g/mol. The molecule has 33 heavy (non-hydrogen) atoms. The molecular weight excluding hydrogens is 414 g/mol. The predicted octanol–water partition coefficient (Wildman–Crippen LogP) is 5.99. The van der Waals surface area contributed by atoms with Crippen LogP contribution < -0.4 is 16.0 Å². The molecule has 3 aromatic carbocycles. The Morgan fingerprint density at radius 2 is 0.697 bits per heavy atom. The van der Waals surface area contributed by atoms with Crippen molar-refractivity contribution in [2.45, 2.75) is 20.3 Å². The van der Waals surface area contributed by atoms with Crippen LogP contribution in [0.15, 0.2) is 109 Å². The smallest absolute Gasteiger partial charge is 0.406 e. The molecule has 182 valence electrons. The first-order valence-electron chi connectivity index (χ1n) is 10.7. The Labute approximate surface area is 200 Å². The summed E-state index contributed by atoms with van der Waals surface area (Å²) in [5, 5.41) is 6.98. The fourth-order valence-electron chi connectivity index (χ4n) is 1.38. The van der Waals surface area contributed by atoms with Gasteiger partial charge in [0.05, 0.1) is 7.11 Å². The van der Waals surface area contributed by atoms with Crippen LogP contribution in [-0.2, 0) is 4.74 Å². The minimum Gasteiger partial charge on any atom is -0.453 e. The van der Waals surface area contributed by atoms with Gasteiger partial charge in [0.2, 0.25) is 0 Å². The maximum absolute atomic E-state index is 9.96. The Morgan fingerprint density at radius 1 is 0.515 bits per heavy atom. The van der Waals surface area contributed by atoms with Crippen LogP contribution in [-0.4, -0.2) is 40.4 Å². The van der Waals surface area contributed by atoms with E-state index < -0.39 is 6.09 Å². The van der Waals surface area contributed by atoms with Gasteiger partial charge < -0.3 is 20.7 Å². The van der Waals surface area contributed by atoms with Gasteiger partial charge in [-0.15, -0.1) is 0 Å². The molecule has 3 aromatic rings. The van der Waals surface area contributed by atoms with E-state index in [-0.39, 0.29) is 6.03 Å². The Hall–Kier alpha value is -3.80. The van der Waals surface area contributed by atoms with Gasteiger partial charge in [0.25, 0.3) is 0 Å². The van der Waals surface area contributed by atoms with Gasteiger partial charge in [-0.3, -0.25) is 0 Å². The van der Waals surface area contributed by atoms with Crippen molar-refractivity contribution in [3.63, 3.8) is 0 Å². The molecule has 6 heteroatoms. The van der Waals surface area contributed by atoms with E-state index in [1.807, 2.05) is 109 Å². The number of ether oxygens (including phenoxy) is 1. The Bertz CT molecular complexity index is 529. The van der Waals surface area contributed by atoms with E-state index in [0.29, 0.717) is 0 Å². The van der Waals surface area contributed by atoms with E-state index in [1.165, 1.54) is 20.6 Å². The summed E-state index contributed by atoms with van der Waals surface area (Å²) < 4.78 is 4.15. The molecule has 0 spiro atoms. The van der Waals surface area contributed by atoms with Crippen LogP contribution in [0.4, 0.5) is 9.59 Å². The second-order valence-electron chi connectivity index (χ2n) is 5.74. The predicted molar refractivity (Wildman–Crippen MR) is 140 cm³/mol. The molecule has 0 aliphatic heterocycles. The lowest BCUT2D eigenvalue weighted by molar-refractivity contribution is 0.173. The summed E-state index contributed by atoms with van der Waals surface area (Å²) in [4.78, 5) is 19.8. The number of urea groups is 1. The van der Waals surface area contributed by atoms with E-state index in [2.05, 4.69) is 34.5 Å². The number of hydrogen-bond acceptors (Lipinski definition) is 3. The summed E-state index contributed by atoms with van der Waals surface area (Å²) in [7, 11) is 5.96. The van der Waals surface area contributed by atoms with Crippen LogP contribution in [0.5, 0.6) is 0 Å². The van der Waals surface area contributed by atoms with Gasteiger partial charge in [0.15, 0.2) is 0 Å². The number of methoxy groups -OCH3 is 1. The molecule has 0 saturated carbocycles. The number of hydrogen-bond donors (Lipinski definition) is 3. The molecular formula is C27H41N3O3. The standard InChI is InChI=1S/3C6H6.C3H8N2O.C3H7NO2.C3H8/c3*1-2-4-6-5-3-1;1-4-3(6)5-2;1-4-3(5)6-2;1-3-2/h3*1-6H;1-2H3,(H2,4,5,6);1-2H3,(H,4,5);3H2,1-2H3. The molecule has 0 radical (unpaired) electrons. The van der Waals surface area contributed by atoms with E-state index in [9.17, 15) is 9.59 Å². The SMILES string of the molecule is CCC.CNC(=O)NC.CNC(=O)OC.c1ccccc1.c1ccccc1.c1ccccc1. The number of nitrogens with one attached hydrogen (secondary N) is 3. The largest absolute Gasteiger partial charge is 0.453 e. The third-order valence-corrected chi connectivity index (χ3v) is 2.84. The third-order valence-electron chi connectivity index (χ3n) is 2.84. The molecule has 3 rings (SSSR count). The average molecular weight is 456 g/mol. The minimum atomic E-state index is -0.407. The summed E-state index contributed by atoms with van der Waals surface area (Å²) in [5.41, 5.74) is 0. The van der Waals surface area contributed by atoms with Crippen LogP contribution in [0.25, 0.3) is 0 Å². The number of rotatable bonds is 0. The van der Waals surface area contributed by atoms with Gasteiger partial charge in [0.1, 0.15) is 0 Å². The zero-order chi connectivity index (χ0) is 25.4. The van der Waals surface area contributed by atoms with Crippen molar-refractivity contribution in [3.05, 3.63) is 109 Å². The third kappa shape index (κ3) is 39.3. The van der Waals surface area contributed by atoms with Crippen molar-refractivity contribution >= 4 is 12.1 Å². The lowest BCUT2D eigenvalue weighted by atomic mass is 10.4. The van der Waals surface area contributed by atoms with Crippen molar-refractivity contribution in [2.75, 3.05) is 28.3 Å². The van der Waals surface area contributed by atoms with E-state index in [4.69, 9.17) is 0 Å². The van der Waals surface area contributed by atoms with Crippen LogP contribution in [0, 0.1) is 0 Å². The second kappa shape index (κ2) is 32.9. The molecule has 0 aromatic heterocycles. The molecule has 0 fully saturated rings. The minimum absolute atomic E-state index is 0.157. The normalized spacial score (nSPS) is 7.45. The fraction of sp³-hybridized carbons (Fsp3) is 0.259. The van der Waals surface area contributed by atoms with Gasteiger partial charge in [0, 0.05) is 21.1 Å². The first kappa shape index (κ1) is 33.8. The van der Waals surface area contributed by atoms with Gasteiger partial charge in [-0.25, -0.2) is 9.59 Å². The molecule has 0 unspecified atom stereocenters. The Balaban J connectivity index is -0.000000331. The number of carbonyl (C=O) groups is 2. The van der Waals surface area contributed by atoms with Crippen LogP contribution >= 0.6 is 0 Å². The summed E-state index contributed by atoms with van der Waals surface area (Å²) in [5.74, 6) is 0. The van der Waals surface area contributed by atoms with E-state index >= 15 is 0 Å². The molecule has 0 heterocycles. The molecule has 0 aliphatic rings. The topological polar surface area (TPSA) is 79.5 Å². The zero-order valence-corrected chi connectivity index (χ0v) is 20.8. The number of alkyl carbamates (subject to hydrolysis) is 1. The summed E-state index contributed by atoms with van der Waals surface area (Å²) in [6, 6.07) is 35.8. The lowest BCUT2D eigenvalue weighted by Gasteiger charge is -1.91. The van der Waals surface area contributed by atoms with Crippen LogP contribution in [0.2, 0.25) is 0 Å². The number of amides is 3. The van der Waals surface area contributed by atoms with Gasteiger partial charge >= 0.3 is 12.1 Å². The quantitative estimate of drug-likeness (QED) is 0.389. The van der Waals surface area contributed by atoms with Crippen LogP contribution in [0.1, 0.15) is 20.3 Å². The highest BCUT2D eigenvalue weighted by Crippen LogP contribution is 1.81. The van der Waals surface area contributed by atoms with Gasteiger partial charge in [-0.2, -0.15) is 0 Å². The molecule has 0 saturated heterocycles. The van der Waals surface area contributed by atoms with Crippen LogP contribution in [0.3, 0.4) is 0 Å². The number of carbonyl (C=O) groups excluding carboxylic acids is 2. The van der Waals surface area contributed by atoms with Crippen molar-refractivity contribution in [3.8, 4) is 0 Å². The lowest BCUT2D eigenvalue weighted by Crippen LogP contribution is -2.28. The Morgan fingerprint density at radius 3 is 0.727 bits per heavy atom. The van der Waals surface area contributed by atoms with Crippen molar-refractivity contribution in [1.29, 1.82) is 0 Å². The molecule has 6 nitrogen and oxygen atoms in total. The average Bonchev–Trinajstić information content (AvgIpc) is 2.92. The first-order valence-corrected chi connectivity index (χ1v) is 10.7. The van der Waals surface area contributed by atoms with Crippen molar-refractivity contribution < 1.29 is 14.3 Å². The highest BCUT2D eigenvalue weighted by molar-refractivity contribution is 5.72. The zero-order valence-electron chi connectivity index (χ0n) is 20.8. The molecule has 0 atom stereocenters.